The smallest absolute Gasteiger partial charge is 0.290 e. The van der Waals surface area contributed by atoms with E-state index < -0.39 is 23.5 Å². The van der Waals surface area contributed by atoms with E-state index in [9.17, 15) is 14.4 Å². The fourth-order valence-electron chi connectivity index (χ4n) is 2.86. The number of likely N-dealkylation sites (N-methyl/N-ethyl adjacent to an activating group) is 1. The number of rotatable bonds is 4. The predicted molar refractivity (Wildman–Crippen MR) is 89.9 cm³/mol. The van der Waals surface area contributed by atoms with Gasteiger partial charge in [-0.1, -0.05) is 54.6 Å². The Morgan fingerprint density at radius 2 is 1.75 bits per heavy atom. The first-order valence-corrected chi connectivity index (χ1v) is 7.78. The fourth-order valence-corrected chi connectivity index (χ4v) is 2.86. The summed E-state index contributed by atoms with van der Waals surface area (Å²) in [6, 6.07) is 17.7. The summed E-state index contributed by atoms with van der Waals surface area (Å²) >= 11 is 0. The molecule has 1 aliphatic rings. The van der Waals surface area contributed by atoms with Crippen LogP contribution in [0.1, 0.15) is 5.56 Å². The molecular formula is C19H18N2O3. The minimum absolute atomic E-state index is 0.143. The van der Waals surface area contributed by atoms with Crippen molar-refractivity contribution in [3.63, 3.8) is 0 Å². The quantitative estimate of drug-likeness (QED) is 0.687. The van der Waals surface area contributed by atoms with Gasteiger partial charge in [0.05, 0.1) is 0 Å². The highest BCUT2D eigenvalue weighted by molar-refractivity contribution is 6.42. The summed E-state index contributed by atoms with van der Waals surface area (Å²) in [4.78, 5) is 36.9. The summed E-state index contributed by atoms with van der Waals surface area (Å²) in [5.74, 6) is -2.54. The molecule has 0 radical (unpaired) electrons. The Morgan fingerprint density at radius 3 is 2.42 bits per heavy atom. The molecule has 2 amide bonds. The van der Waals surface area contributed by atoms with Crippen molar-refractivity contribution in [1.82, 2.24) is 10.2 Å². The third-order valence-corrected chi connectivity index (χ3v) is 4.20. The standard InChI is InChI=1S/C19H18N2O3/c1-21-12-16(17(22)19(21)24)18(23)20-11-14-9-5-6-10-15(14)13-7-3-2-4-8-13/h2-10,16H,11-12H2,1H3,(H,20,23). The maximum Gasteiger partial charge on any atom is 0.290 e. The molecule has 0 saturated carbocycles. The van der Waals surface area contributed by atoms with Crippen LogP contribution in [0, 0.1) is 5.92 Å². The lowest BCUT2D eigenvalue weighted by Gasteiger charge is -2.13. The van der Waals surface area contributed by atoms with E-state index in [1.807, 2.05) is 54.6 Å². The van der Waals surface area contributed by atoms with Gasteiger partial charge in [0.15, 0.2) is 0 Å². The average Bonchev–Trinajstić information content (AvgIpc) is 2.88. The van der Waals surface area contributed by atoms with Crippen LogP contribution in [0.3, 0.4) is 0 Å². The Bertz CT molecular complexity index is 786. The van der Waals surface area contributed by atoms with Gasteiger partial charge in [-0.2, -0.15) is 0 Å². The van der Waals surface area contributed by atoms with E-state index >= 15 is 0 Å². The molecule has 1 aliphatic heterocycles. The highest BCUT2D eigenvalue weighted by Gasteiger charge is 2.41. The van der Waals surface area contributed by atoms with Crippen LogP contribution >= 0.6 is 0 Å². The molecule has 1 saturated heterocycles. The Labute approximate surface area is 140 Å². The van der Waals surface area contributed by atoms with Gasteiger partial charge in [0.2, 0.25) is 11.7 Å². The van der Waals surface area contributed by atoms with Crippen molar-refractivity contribution in [2.24, 2.45) is 5.92 Å². The molecule has 24 heavy (non-hydrogen) atoms. The summed E-state index contributed by atoms with van der Waals surface area (Å²) < 4.78 is 0. The van der Waals surface area contributed by atoms with Crippen molar-refractivity contribution in [3.05, 3.63) is 60.2 Å². The molecule has 2 aromatic rings. The highest BCUT2D eigenvalue weighted by atomic mass is 16.2. The number of hydrogen-bond acceptors (Lipinski definition) is 3. The number of nitrogens with zero attached hydrogens (tertiary/aromatic N) is 1. The van der Waals surface area contributed by atoms with Crippen molar-refractivity contribution in [1.29, 1.82) is 0 Å². The number of nitrogens with one attached hydrogen (secondary N) is 1. The Balaban J connectivity index is 1.73. The third kappa shape index (κ3) is 3.06. The maximum absolute atomic E-state index is 12.3. The molecule has 122 valence electrons. The fraction of sp³-hybridized carbons (Fsp3) is 0.211. The molecule has 5 nitrogen and oxygen atoms in total. The molecule has 3 rings (SSSR count). The zero-order valence-electron chi connectivity index (χ0n) is 13.4. The molecular weight excluding hydrogens is 304 g/mol. The van der Waals surface area contributed by atoms with Gasteiger partial charge < -0.3 is 10.2 Å². The van der Waals surface area contributed by atoms with Crippen LogP contribution in [0.2, 0.25) is 0 Å². The van der Waals surface area contributed by atoms with Crippen LogP contribution < -0.4 is 5.32 Å². The maximum atomic E-state index is 12.3. The third-order valence-electron chi connectivity index (χ3n) is 4.20. The first-order chi connectivity index (χ1) is 11.6. The minimum Gasteiger partial charge on any atom is -0.351 e. The second-order valence-corrected chi connectivity index (χ2v) is 5.84. The van der Waals surface area contributed by atoms with Gasteiger partial charge in [0.1, 0.15) is 5.92 Å². The lowest BCUT2D eigenvalue weighted by molar-refractivity contribution is -0.142. The van der Waals surface area contributed by atoms with E-state index in [2.05, 4.69) is 5.32 Å². The first kappa shape index (κ1) is 15.9. The normalized spacial score (nSPS) is 17.2. The van der Waals surface area contributed by atoms with Crippen LogP contribution in [0.5, 0.6) is 0 Å². The number of Topliss-reactive ketones (excluding diaryl/α,β-unsaturated/α-hetero) is 1. The van der Waals surface area contributed by atoms with Crippen LogP contribution in [0.4, 0.5) is 0 Å². The van der Waals surface area contributed by atoms with Gasteiger partial charge in [-0.25, -0.2) is 0 Å². The molecule has 0 spiro atoms. The zero-order valence-corrected chi connectivity index (χ0v) is 13.4. The van der Waals surface area contributed by atoms with Gasteiger partial charge in [0, 0.05) is 20.1 Å². The van der Waals surface area contributed by atoms with E-state index in [1.54, 1.807) is 0 Å². The highest BCUT2D eigenvalue weighted by Crippen LogP contribution is 2.23. The molecule has 0 aromatic heterocycles. The van der Waals surface area contributed by atoms with Gasteiger partial charge in [0.25, 0.3) is 5.91 Å². The number of likely N-dealkylation sites (tertiary alicyclic amines) is 1. The molecule has 2 aromatic carbocycles. The van der Waals surface area contributed by atoms with Gasteiger partial charge in [-0.05, 0) is 16.7 Å². The molecule has 0 aliphatic carbocycles. The Hall–Kier alpha value is -2.95. The summed E-state index contributed by atoms with van der Waals surface area (Å²) in [5.41, 5.74) is 3.06. The minimum atomic E-state index is -0.911. The number of hydrogen-bond donors (Lipinski definition) is 1. The molecule has 1 fully saturated rings. The van der Waals surface area contributed by atoms with Crippen molar-refractivity contribution in [2.45, 2.75) is 6.54 Å². The van der Waals surface area contributed by atoms with E-state index in [0.717, 1.165) is 16.7 Å². The average molecular weight is 322 g/mol. The zero-order chi connectivity index (χ0) is 17.1. The summed E-state index contributed by atoms with van der Waals surface area (Å²) in [7, 11) is 1.53. The van der Waals surface area contributed by atoms with Gasteiger partial charge in [-0.3, -0.25) is 14.4 Å². The van der Waals surface area contributed by atoms with Crippen molar-refractivity contribution in [2.75, 3.05) is 13.6 Å². The molecule has 0 bridgehead atoms. The van der Waals surface area contributed by atoms with E-state index in [4.69, 9.17) is 0 Å². The summed E-state index contributed by atoms with van der Waals surface area (Å²) in [5, 5.41) is 2.78. The lowest BCUT2D eigenvalue weighted by Crippen LogP contribution is -2.35. The van der Waals surface area contributed by atoms with E-state index in [-0.39, 0.29) is 6.54 Å². The summed E-state index contributed by atoms with van der Waals surface area (Å²) in [6.07, 6.45) is 0. The van der Waals surface area contributed by atoms with Gasteiger partial charge >= 0.3 is 0 Å². The van der Waals surface area contributed by atoms with Crippen LogP contribution in [0.25, 0.3) is 11.1 Å². The molecule has 5 heteroatoms. The van der Waals surface area contributed by atoms with Crippen LogP contribution in [-0.2, 0) is 20.9 Å². The van der Waals surface area contributed by atoms with Gasteiger partial charge in [-0.15, -0.1) is 0 Å². The molecule has 1 N–H and O–H groups in total. The van der Waals surface area contributed by atoms with Crippen LogP contribution in [0.15, 0.2) is 54.6 Å². The number of carbonyl (C=O) groups excluding carboxylic acids is 3. The summed E-state index contributed by atoms with van der Waals surface area (Å²) in [6.45, 7) is 0.454. The van der Waals surface area contributed by atoms with Crippen LogP contribution in [-0.4, -0.2) is 36.1 Å². The monoisotopic (exact) mass is 322 g/mol. The Kier molecular flexibility index (Phi) is 4.42. The van der Waals surface area contributed by atoms with E-state index in [0.29, 0.717) is 6.54 Å². The second-order valence-electron chi connectivity index (χ2n) is 5.84. The number of amides is 2. The largest absolute Gasteiger partial charge is 0.351 e. The number of ketones is 1. The molecule has 1 atom stereocenters. The van der Waals surface area contributed by atoms with Crippen molar-refractivity contribution < 1.29 is 14.4 Å². The van der Waals surface area contributed by atoms with Crippen molar-refractivity contribution in [3.8, 4) is 11.1 Å². The SMILES string of the molecule is CN1CC(C(=O)NCc2ccccc2-c2ccccc2)C(=O)C1=O. The number of carbonyl (C=O) groups is 3. The predicted octanol–water partition coefficient (Wildman–Crippen LogP) is 1.63. The molecule has 1 heterocycles. The Morgan fingerprint density at radius 1 is 1.08 bits per heavy atom. The number of benzene rings is 2. The lowest BCUT2D eigenvalue weighted by atomic mass is 9.99. The molecule has 1 unspecified atom stereocenters. The van der Waals surface area contributed by atoms with E-state index in [1.165, 1.54) is 11.9 Å². The topological polar surface area (TPSA) is 66.5 Å². The first-order valence-electron chi connectivity index (χ1n) is 7.78. The van der Waals surface area contributed by atoms with Crippen molar-refractivity contribution >= 4 is 17.6 Å². The second kappa shape index (κ2) is 6.66.